The van der Waals surface area contributed by atoms with E-state index in [1.54, 1.807) is 7.11 Å². The third-order valence-corrected chi connectivity index (χ3v) is 3.05. The largest absolute Gasteiger partial charge is 0.497 e. The molecular weight excluding hydrogens is 278 g/mol. The van der Waals surface area contributed by atoms with Gasteiger partial charge in [-0.05, 0) is 24.1 Å². The van der Waals surface area contributed by atoms with Crippen molar-refractivity contribution in [2.24, 2.45) is 0 Å². The summed E-state index contributed by atoms with van der Waals surface area (Å²) in [5, 5.41) is 3.64. The zero-order valence-electron chi connectivity index (χ0n) is 11.4. The summed E-state index contributed by atoms with van der Waals surface area (Å²) < 4.78 is 10.1. The lowest BCUT2D eigenvalue weighted by Gasteiger charge is -2.08. The van der Waals surface area contributed by atoms with Gasteiger partial charge in [0.15, 0.2) is 5.82 Å². The molecule has 20 heavy (non-hydrogen) atoms. The Labute approximate surface area is 122 Å². The first-order valence-electron chi connectivity index (χ1n) is 6.16. The monoisotopic (exact) mass is 293 g/mol. The predicted molar refractivity (Wildman–Crippen MR) is 78.8 cm³/mol. The average Bonchev–Trinajstić information content (AvgIpc) is 2.50. The van der Waals surface area contributed by atoms with E-state index in [9.17, 15) is 0 Å². The molecule has 106 valence electrons. The summed E-state index contributed by atoms with van der Waals surface area (Å²) in [6, 6.07) is 8.23. The summed E-state index contributed by atoms with van der Waals surface area (Å²) in [7, 11) is 3.17. The van der Waals surface area contributed by atoms with Crippen LogP contribution in [0, 0.1) is 0 Å². The van der Waals surface area contributed by atoms with Crippen LogP contribution in [0.25, 0.3) is 0 Å². The Balaban J connectivity index is 1.91. The minimum absolute atomic E-state index is 0.293. The van der Waals surface area contributed by atoms with Gasteiger partial charge < -0.3 is 14.8 Å². The highest BCUT2D eigenvalue weighted by molar-refractivity contribution is 6.32. The lowest BCUT2D eigenvalue weighted by atomic mass is 10.1. The van der Waals surface area contributed by atoms with Gasteiger partial charge in [-0.15, -0.1) is 0 Å². The van der Waals surface area contributed by atoms with Crippen LogP contribution in [0.4, 0.5) is 5.82 Å². The first kappa shape index (κ1) is 14.4. The van der Waals surface area contributed by atoms with Crippen LogP contribution < -0.4 is 14.8 Å². The molecule has 1 N–H and O–H groups in total. The van der Waals surface area contributed by atoms with E-state index in [4.69, 9.17) is 21.1 Å². The van der Waals surface area contributed by atoms with E-state index in [1.165, 1.54) is 18.9 Å². The van der Waals surface area contributed by atoms with E-state index in [0.29, 0.717) is 23.4 Å². The molecule has 0 aliphatic carbocycles. The number of methoxy groups -OCH3 is 2. The number of nitrogens with one attached hydrogen (secondary N) is 1. The van der Waals surface area contributed by atoms with Gasteiger partial charge in [-0.3, -0.25) is 0 Å². The molecular formula is C14H16ClN3O2. The Kier molecular flexibility index (Phi) is 5.01. The topological polar surface area (TPSA) is 56.3 Å². The van der Waals surface area contributed by atoms with Crippen LogP contribution in [-0.4, -0.2) is 30.7 Å². The molecule has 0 aliphatic heterocycles. The normalized spacial score (nSPS) is 10.2. The highest BCUT2D eigenvalue weighted by atomic mass is 35.5. The van der Waals surface area contributed by atoms with Gasteiger partial charge >= 0.3 is 6.01 Å². The minimum atomic E-state index is 0.293. The molecule has 2 rings (SSSR count). The number of aromatic nitrogens is 2. The van der Waals surface area contributed by atoms with Crippen LogP contribution in [-0.2, 0) is 6.42 Å². The first-order chi connectivity index (χ1) is 9.72. The number of rotatable bonds is 6. The molecule has 5 nitrogen and oxygen atoms in total. The Morgan fingerprint density at radius 2 is 1.90 bits per heavy atom. The van der Waals surface area contributed by atoms with Gasteiger partial charge in [-0.2, -0.15) is 4.98 Å². The summed E-state index contributed by atoms with van der Waals surface area (Å²) in [6.45, 7) is 0.715. The van der Waals surface area contributed by atoms with Crippen LogP contribution in [0.3, 0.4) is 0 Å². The first-order valence-corrected chi connectivity index (χ1v) is 6.54. The minimum Gasteiger partial charge on any atom is -0.497 e. The molecule has 0 fully saturated rings. The maximum Gasteiger partial charge on any atom is 0.318 e. The van der Waals surface area contributed by atoms with Gasteiger partial charge in [-0.1, -0.05) is 23.7 Å². The fourth-order valence-electron chi connectivity index (χ4n) is 1.69. The highest BCUT2D eigenvalue weighted by Crippen LogP contribution is 2.20. The molecule has 0 unspecified atom stereocenters. The second-order valence-electron chi connectivity index (χ2n) is 4.08. The standard InChI is InChI=1S/C14H16ClN3O2/c1-19-11-5-3-10(4-6-11)7-8-16-13-12(15)9-17-14(18-13)20-2/h3-6,9H,7-8H2,1-2H3,(H,16,17,18). The van der Waals surface area contributed by atoms with E-state index < -0.39 is 0 Å². The molecule has 0 radical (unpaired) electrons. The van der Waals surface area contributed by atoms with Crippen molar-refractivity contribution in [1.82, 2.24) is 9.97 Å². The van der Waals surface area contributed by atoms with Gasteiger partial charge in [0, 0.05) is 6.54 Å². The summed E-state index contributed by atoms with van der Waals surface area (Å²) in [6.07, 6.45) is 2.37. The maximum atomic E-state index is 6.01. The van der Waals surface area contributed by atoms with Crippen molar-refractivity contribution in [3.8, 4) is 11.8 Å². The lowest BCUT2D eigenvalue weighted by Crippen LogP contribution is -2.08. The molecule has 2 aromatic rings. The molecule has 0 aliphatic rings. The summed E-state index contributed by atoms with van der Waals surface area (Å²) in [5.41, 5.74) is 1.20. The number of hydrogen-bond acceptors (Lipinski definition) is 5. The van der Waals surface area contributed by atoms with E-state index in [0.717, 1.165) is 12.2 Å². The molecule has 1 heterocycles. The third-order valence-electron chi connectivity index (χ3n) is 2.77. The van der Waals surface area contributed by atoms with Crippen LogP contribution in [0.5, 0.6) is 11.8 Å². The Morgan fingerprint density at radius 3 is 2.55 bits per heavy atom. The number of halogens is 1. The molecule has 0 atom stereocenters. The van der Waals surface area contributed by atoms with Crippen molar-refractivity contribution < 1.29 is 9.47 Å². The molecule has 1 aromatic carbocycles. The van der Waals surface area contributed by atoms with Crippen LogP contribution in [0.1, 0.15) is 5.56 Å². The lowest BCUT2D eigenvalue weighted by molar-refractivity contribution is 0.380. The average molecular weight is 294 g/mol. The van der Waals surface area contributed by atoms with Crippen LogP contribution in [0.2, 0.25) is 5.02 Å². The van der Waals surface area contributed by atoms with E-state index in [1.807, 2.05) is 24.3 Å². The van der Waals surface area contributed by atoms with Gasteiger partial charge in [0.05, 0.1) is 20.4 Å². The number of hydrogen-bond donors (Lipinski definition) is 1. The molecule has 0 saturated carbocycles. The van der Waals surface area contributed by atoms with Gasteiger partial charge in [0.25, 0.3) is 0 Å². The zero-order chi connectivity index (χ0) is 14.4. The number of nitrogens with zero attached hydrogens (tertiary/aromatic N) is 2. The second-order valence-corrected chi connectivity index (χ2v) is 4.49. The van der Waals surface area contributed by atoms with Gasteiger partial charge in [0.1, 0.15) is 10.8 Å². The van der Waals surface area contributed by atoms with Crippen molar-refractivity contribution in [2.75, 3.05) is 26.1 Å². The summed E-state index contributed by atoms with van der Waals surface area (Å²) in [5.74, 6) is 1.43. The second kappa shape index (κ2) is 6.96. The number of benzene rings is 1. The summed E-state index contributed by atoms with van der Waals surface area (Å²) >= 11 is 6.01. The molecule has 0 bridgehead atoms. The quantitative estimate of drug-likeness (QED) is 0.887. The third kappa shape index (κ3) is 3.74. The smallest absolute Gasteiger partial charge is 0.318 e. The molecule has 6 heteroatoms. The Bertz CT molecular complexity index is 561. The van der Waals surface area contributed by atoms with Crippen molar-refractivity contribution in [2.45, 2.75) is 6.42 Å². The molecule has 0 amide bonds. The van der Waals surface area contributed by atoms with Crippen LogP contribution >= 0.6 is 11.6 Å². The van der Waals surface area contributed by atoms with E-state index in [2.05, 4.69) is 15.3 Å². The van der Waals surface area contributed by atoms with E-state index in [-0.39, 0.29) is 0 Å². The van der Waals surface area contributed by atoms with Crippen LogP contribution in [0.15, 0.2) is 30.5 Å². The van der Waals surface area contributed by atoms with Crippen molar-refractivity contribution in [3.63, 3.8) is 0 Å². The Morgan fingerprint density at radius 1 is 1.15 bits per heavy atom. The summed E-state index contributed by atoms with van der Waals surface area (Å²) in [4.78, 5) is 8.08. The zero-order valence-corrected chi connectivity index (χ0v) is 12.1. The fourth-order valence-corrected chi connectivity index (χ4v) is 1.85. The molecule has 0 spiro atoms. The maximum absolute atomic E-state index is 6.01. The predicted octanol–water partition coefficient (Wildman–Crippen LogP) is 2.80. The highest BCUT2D eigenvalue weighted by Gasteiger charge is 2.05. The Hall–Kier alpha value is -2.01. The van der Waals surface area contributed by atoms with Crippen molar-refractivity contribution in [1.29, 1.82) is 0 Å². The van der Waals surface area contributed by atoms with Gasteiger partial charge in [0.2, 0.25) is 0 Å². The van der Waals surface area contributed by atoms with Crippen molar-refractivity contribution >= 4 is 17.4 Å². The molecule has 1 aromatic heterocycles. The van der Waals surface area contributed by atoms with Gasteiger partial charge in [-0.25, -0.2) is 4.98 Å². The fraction of sp³-hybridized carbons (Fsp3) is 0.286. The van der Waals surface area contributed by atoms with E-state index >= 15 is 0 Å². The number of anilines is 1. The van der Waals surface area contributed by atoms with Crippen molar-refractivity contribution in [3.05, 3.63) is 41.0 Å². The molecule has 0 saturated heterocycles. The number of ether oxygens (including phenoxy) is 2. The SMILES string of the molecule is COc1ccc(CCNc2nc(OC)ncc2Cl)cc1.